The highest BCUT2D eigenvalue weighted by Crippen LogP contribution is 2.28. The van der Waals surface area contributed by atoms with Crippen LogP contribution in [-0.2, 0) is 4.79 Å². The van der Waals surface area contributed by atoms with Crippen molar-refractivity contribution in [1.29, 1.82) is 0 Å². The van der Waals surface area contributed by atoms with E-state index in [9.17, 15) is 4.79 Å². The second-order valence-corrected chi connectivity index (χ2v) is 7.13. The molecule has 8 heteroatoms. The number of thioether (sulfide) groups is 2. The fourth-order valence-electron chi connectivity index (χ4n) is 2.01. The van der Waals surface area contributed by atoms with Crippen LogP contribution < -0.4 is 5.32 Å². The van der Waals surface area contributed by atoms with Crippen LogP contribution >= 0.6 is 35.1 Å². The van der Waals surface area contributed by atoms with Crippen molar-refractivity contribution < 1.29 is 9.21 Å². The second-order valence-electron chi connectivity index (χ2n) is 4.92. The van der Waals surface area contributed by atoms with E-state index in [0.717, 1.165) is 10.6 Å². The standard InChI is InChI=1S/C17H14ClN3O2S2/c1-24-12-8-6-11(7-9-12)19-15(22)10-25-17-21-20-16(23-17)13-4-2-3-5-14(13)18/h2-9H,10H2,1H3,(H,19,22). The van der Waals surface area contributed by atoms with E-state index in [1.165, 1.54) is 11.8 Å². The van der Waals surface area contributed by atoms with Gasteiger partial charge in [-0.15, -0.1) is 22.0 Å². The lowest BCUT2D eigenvalue weighted by Crippen LogP contribution is -2.13. The van der Waals surface area contributed by atoms with Gasteiger partial charge in [0.2, 0.25) is 11.8 Å². The Bertz CT molecular complexity index is 868. The average Bonchev–Trinajstić information content (AvgIpc) is 3.10. The first-order chi connectivity index (χ1) is 12.2. The third-order valence-corrected chi connectivity index (χ3v) is 5.10. The van der Waals surface area contributed by atoms with Crippen LogP contribution in [-0.4, -0.2) is 28.1 Å². The topological polar surface area (TPSA) is 68.0 Å². The highest BCUT2D eigenvalue weighted by molar-refractivity contribution is 7.99. The Labute approximate surface area is 158 Å². The third kappa shape index (κ3) is 4.78. The summed E-state index contributed by atoms with van der Waals surface area (Å²) < 4.78 is 5.55. The van der Waals surface area contributed by atoms with E-state index in [-0.39, 0.29) is 11.7 Å². The van der Waals surface area contributed by atoms with Crippen LogP contribution in [0, 0.1) is 0 Å². The van der Waals surface area contributed by atoms with E-state index in [1.54, 1.807) is 23.9 Å². The molecule has 0 saturated heterocycles. The Morgan fingerprint density at radius 1 is 1.16 bits per heavy atom. The number of hydrogen-bond donors (Lipinski definition) is 1. The monoisotopic (exact) mass is 391 g/mol. The summed E-state index contributed by atoms with van der Waals surface area (Å²) in [6.07, 6.45) is 2.01. The fraction of sp³-hybridized carbons (Fsp3) is 0.118. The molecular formula is C17H14ClN3O2S2. The molecule has 1 amide bonds. The fourth-order valence-corrected chi connectivity index (χ4v) is 3.20. The van der Waals surface area contributed by atoms with Crippen molar-refractivity contribution in [3.05, 3.63) is 53.6 Å². The third-order valence-electron chi connectivity index (χ3n) is 3.21. The Balaban J connectivity index is 1.56. The molecule has 0 bridgehead atoms. The van der Waals surface area contributed by atoms with Gasteiger partial charge in [0.1, 0.15) is 0 Å². The van der Waals surface area contributed by atoms with Crippen molar-refractivity contribution in [3.8, 4) is 11.5 Å². The molecule has 0 spiro atoms. The van der Waals surface area contributed by atoms with Crippen LogP contribution in [0.1, 0.15) is 0 Å². The maximum atomic E-state index is 12.0. The van der Waals surface area contributed by atoms with Gasteiger partial charge in [0.25, 0.3) is 5.22 Å². The van der Waals surface area contributed by atoms with Gasteiger partial charge in [-0.3, -0.25) is 4.79 Å². The number of aromatic nitrogens is 2. The summed E-state index contributed by atoms with van der Waals surface area (Å²) in [5.74, 6) is 0.370. The van der Waals surface area contributed by atoms with Crippen molar-refractivity contribution in [3.63, 3.8) is 0 Å². The number of hydrogen-bond acceptors (Lipinski definition) is 6. The summed E-state index contributed by atoms with van der Waals surface area (Å²) in [5, 5.41) is 11.6. The molecule has 1 aromatic heterocycles. The first-order valence-electron chi connectivity index (χ1n) is 7.31. The number of nitrogens with one attached hydrogen (secondary N) is 1. The molecule has 128 valence electrons. The van der Waals surface area contributed by atoms with Gasteiger partial charge in [0, 0.05) is 10.6 Å². The Hall–Kier alpha value is -1.96. The van der Waals surface area contributed by atoms with Crippen molar-refractivity contribution in [1.82, 2.24) is 10.2 Å². The van der Waals surface area contributed by atoms with Crippen molar-refractivity contribution in [2.45, 2.75) is 10.1 Å². The maximum Gasteiger partial charge on any atom is 0.277 e. The Morgan fingerprint density at radius 3 is 2.64 bits per heavy atom. The summed E-state index contributed by atoms with van der Waals surface area (Å²) >= 11 is 8.94. The molecule has 1 N–H and O–H groups in total. The van der Waals surface area contributed by atoms with Gasteiger partial charge >= 0.3 is 0 Å². The highest BCUT2D eigenvalue weighted by atomic mass is 35.5. The summed E-state index contributed by atoms with van der Waals surface area (Å²) in [7, 11) is 0. The first kappa shape index (κ1) is 17.8. The average molecular weight is 392 g/mol. The summed E-state index contributed by atoms with van der Waals surface area (Å²) in [6.45, 7) is 0. The van der Waals surface area contributed by atoms with Crippen molar-refractivity contribution >= 4 is 46.7 Å². The molecular weight excluding hydrogens is 378 g/mol. The molecule has 2 aromatic carbocycles. The quantitative estimate of drug-likeness (QED) is 0.606. The minimum atomic E-state index is -0.139. The summed E-state index contributed by atoms with van der Waals surface area (Å²) in [6, 6.07) is 14.9. The smallest absolute Gasteiger partial charge is 0.277 e. The minimum absolute atomic E-state index is 0.139. The van der Waals surface area contributed by atoms with Gasteiger partial charge in [-0.1, -0.05) is 35.5 Å². The van der Waals surface area contributed by atoms with Crippen molar-refractivity contribution in [2.24, 2.45) is 0 Å². The number of carbonyl (C=O) groups is 1. The van der Waals surface area contributed by atoms with E-state index < -0.39 is 0 Å². The van der Waals surface area contributed by atoms with Crippen LogP contribution in [0.4, 0.5) is 5.69 Å². The molecule has 3 rings (SSSR count). The molecule has 0 unspecified atom stereocenters. The first-order valence-corrected chi connectivity index (χ1v) is 9.89. The number of anilines is 1. The lowest BCUT2D eigenvalue weighted by atomic mass is 10.2. The summed E-state index contributed by atoms with van der Waals surface area (Å²) in [5.41, 5.74) is 1.42. The molecule has 0 atom stereocenters. The summed E-state index contributed by atoms with van der Waals surface area (Å²) in [4.78, 5) is 13.2. The molecule has 0 saturated carbocycles. The Morgan fingerprint density at radius 2 is 1.92 bits per heavy atom. The Kier molecular flexibility index (Phi) is 6.01. The molecule has 3 aromatic rings. The predicted octanol–water partition coefficient (Wildman–Crippen LogP) is 4.84. The van der Waals surface area contributed by atoms with Gasteiger partial charge in [-0.05, 0) is 42.7 Å². The number of nitrogens with zero attached hydrogens (tertiary/aromatic N) is 2. The van der Waals surface area contributed by atoms with E-state index in [0.29, 0.717) is 21.7 Å². The van der Waals surface area contributed by atoms with Crippen LogP contribution in [0.3, 0.4) is 0 Å². The van der Waals surface area contributed by atoms with Crippen LogP contribution in [0.2, 0.25) is 5.02 Å². The number of benzene rings is 2. The molecule has 0 aliphatic rings. The van der Waals surface area contributed by atoms with E-state index in [1.807, 2.05) is 42.7 Å². The predicted molar refractivity (Wildman–Crippen MR) is 102 cm³/mol. The molecule has 0 radical (unpaired) electrons. The SMILES string of the molecule is CSc1ccc(NC(=O)CSc2nnc(-c3ccccc3Cl)o2)cc1. The molecule has 25 heavy (non-hydrogen) atoms. The molecule has 5 nitrogen and oxygen atoms in total. The second kappa shape index (κ2) is 8.42. The highest BCUT2D eigenvalue weighted by Gasteiger charge is 2.13. The van der Waals surface area contributed by atoms with Crippen LogP contribution in [0.5, 0.6) is 0 Å². The number of rotatable bonds is 6. The van der Waals surface area contributed by atoms with Gasteiger partial charge in [-0.2, -0.15) is 0 Å². The zero-order valence-corrected chi connectivity index (χ0v) is 15.6. The van der Waals surface area contributed by atoms with Gasteiger partial charge < -0.3 is 9.73 Å². The number of halogens is 1. The lowest BCUT2D eigenvalue weighted by molar-refractivity contribution is -0.113. The minimum Gasteiger partial charge on any atom is -0.411 e. The van der Waals surface area contributed by atoms with Gasteiger partial charge in [-0.25, -0.2) is 0 Å². The number of amides is 1. The zero-order valence-electron chi connectivity index (χ0n) is 13.2. The lowest BCUT2D eigenvalue weighted by Gasteiger charge is -2.04. The van der Waals surface area contributed by atoms with Gasteiger partial charge in [0.05, 0.1) is 16.3 Å². The molecule has 1 heterocycles. The van der Waals surface area contributed by atoms with E-state index >= 15 is 0 Å². The zero-order chi connectivity index (χ0) is 17.6. The largest absolute Gasteiger partial charge is 0.411 e. The van der Waals surface area contributed by atoms with E-state index in [4.69, 9.17) is 16.0 Å². The molecule has 0 aliphatic heterocycles. The molecule has 0 aliphatic carbocycles. The molecule has 0 fully saturated rings. The van der Waals surface area contributed by atoms with E-state index in [2.05, 4.69) is 15.5 Å². The number of carbonyl (C=O) groups excluding carboxylic acids is 1. The van der Waals surface area contributed by atoms with Crippen molar-refractivity contribution in [2.75, 3.05) is 17.3 Å². The van der Waals surface area contributed by atoms with Crippen LogP contribution in [0.25, 0.3) is 11.5 Å². The normalized spacial score (nSPS) is 10.6. The maximum absolute atomic E-state index is 12.0. The van der Waals surface area contributed by atoms with Crippen LogP contribution in [0.15, 0.2) is 63.1 Å². The van der Waals surface area contributed by atoms with Gasteiger partial charge in [0.15, 0.2) is 0 Å².